The maximum Gasteiger partial charge on any atom is 0.330 e. The van der Waals surface area contributed by atoms with Crippen molar-refractivity contribution in [2.24, 2.45) is 0 Å². The second kappa shape index (κ2) is 9.69. The fourth-order valence-electron chi connectivity index (χ4n) is 3.36. The summed E-state index contributed by atoms with van der Waals surface area (Å²) in [6.45, 7) is 4.32. The van der Waals surface area contributed by atoms with E-state index in [0.717, 1.165) is 23.7 Å². The third-order valence-corrected chi connectivity index (χ3v) is 5.61. The monoisotopic (exact) mass is 442 g/mol. The fourth-order valence-corrected chi connectivity index (χ4v) is 3.89. The lowest BCUT2D eigenvalue weighted by atomic mass is 10.1. The Morgan fingerprint density at radius 2 is 2.06 bits per heavy atom. The van der Waals surface area contributed by atoms with Gasteiger partial charge in [-0.1, -0.05) is 31.2 Å². The number of anilines is 2. The molecular formula is C21H26N6O3S. The molecule has 164 valence electrons. The van der Waals surface area contributed by atoms with Gasteiger partial charge in [0, 0.05) is 36.7 Å². The normalized spacial score (nSPS) is 10.9. The number of nitrogen functional groups attached to an aromatic ring is 1. The van der Waals surface area contributed by atoms with Crippen LogP contribution in [0, 0.1) is 0 Å². The molecule has 9 nitrogen and oxygen atoms in total. The standard InChI is InChI=1S/C21H26N6O3S/c1-4-6-11-27-17(22)16(18(28)24-20(27)30)25(5-2)19(29)14-8-7-9-15(13-14)26-12-10-23-21(26)31-3/h7-10,12-13H,4-6,11,22H2,1-3H3,(H,24,28,30). The highest BCUT2D eigenvalue weighted by Crippen LogP contribution is 2.22. The van der Waals surface area contributed by atoms with E-state index in [1.54, 1.807) is 31.3 Å². The summed E-state index contributed by atoms with van der Waals surface area (Å²) in [6.07, 6.45) is 7.02. The molecule has 3 rings (SSSR count). The highest BCUT2D eigenvalue weighted by Gasteiger charge is 2.24. The van der Waals surface area contributed by atoms with Crippen molar-refractivity contribution < 1.29 is 4.79 Å². The molecule has 0 unspecified atom stereocenters. The smallest absolute Gasteiger partial charge is 0.330 e. The SMILES string of the molecule is CCCCn1c(N)c(N(CC)C(=O)c2cccc(-n3ccnc3SC)c2)c(=O)[nH]c1=O. The number of nitrogens with two attached hydrogens (primary N) is 1. The maximum atomic E-state index is 13.4. The van der Waals surface area contributed by atoms with E-state index < -0.39 is 11.2 Å². The number of aromatic nitrogens is 4. The van der Waals surface area contributed by atoms with Crippen molar-refractivity contribution in [1.82, 2.24) is 19.1 Å². The molecule has 0 aliphatic rings. The zero-order valence-corrected chi connectivity index (χ0v) is 18.6. The molecular weight excluding hydrogens is 416 g/mol. The van der Waals surface area contributed by atoms with Crippen LogP contribution in [0.1, 0.15) is 37.0 Å². The lowest BCUT2D eigenvalue weighted by Gasteiger charge is -2.23. The Bertz CT molecular complexity index is 1200. The predicted molar refractivity (Wildman–Crippen MR) is 123 cm³/mol. The van der Waals surface area contributed by atoms with E-state index in [9.17, 15) is 14.4 Å². The van der Waals surface area contributed by atoms with Gasteiger partial charge in [0.15, 0.2) is 10.8 Å². The third-order valence-electron chi connectivity index (χ3n) is 4.94. The number of hydrogen-bond donors (Lipinski definition) is 2. The fraction of sp³-hybridized carbons (Fsp3) is 0.333. The molecule has 2 heterocycles. The van der Waals surface area contributed by atoms with E-state index in [1.807, 2.05) is 30.0 Å². The van der Waals surface area contributed by atoms with Crippen molar-refractivity contribution in [3.05, 3.63) is 63.1 Å². The summed E-state index contributed by atoms with van der Waals surface area (Å²) in [5, 5.41) is 0.792. The molecule has 31 heavy (non-hydrogen) atoms. The van der Waals surface area contributed by atoms with Gasteiger partial charge >= 0.3 is 5.69 Å². The summed E-state index contributed by atoms with van der Waals surface area (Å²) in [5.74, 6) is -0.388. The highest BCUT2D eigenvalue weighted by atomic mass is 32.2. The summed E-state index contributed by atoms with van der Waals surface area (Å²) in [6, 6.07) is 7.07. The van der Waals surface area contributed by atoms with Crippen LogP contribution in [-0.2, 0) is 6.54 Å². The van der Waals surface area contributed by atoms with Crippen LogP contribution in [0.25, 0.3) is 5.69 Å². The number of imidazole rings is 1. The van der Waals surface area contributed by atoms with Crippen LogP contribution in [0.5, 0.6) is 0 Å². The van der Waals surface area contributed by atoms with E-state index in [2.05, 4.69) is 9.97 Å². The summed E-state index contributed by atoms with van der Waals surface area (Å²) in [4.78, 5) is 46.1. The molecule has 3 aromatic rings. The molecule has 0 saturated carbocycles. The Morgan fingerprint density at radius 3 is 2.74 bits per heavy atom. The minimum atomic E-state index is -0.680. The van der Waals surface area contributed by atoms with Gasteiger partial charge in [0.2, 0.25) is 0 Å². The Labute approximate surface area is 183 Å². The van der Waals surface area contributed by atoms with Gasteiger partial charge in [-0.2, -0.15) is 0 Å². The number of H-pyrrole nitrogens is 1. The van der Waals surface area contributed by atoms with Crippen molar-refractivity contribution >= 4 is 29.2 Å². The topological polar surface area (TPSA) is 119 Å². The number of carbonyl (C=O) groups is 1. The van der Waals surface area contributed by atoms with Gasteiger partial charge in [0.25, 0.3) is 11.5 Å². The molecule has 0 aliphatic carbocycles. The number of thioether (sulfide) groups is 1. The first-order valence-corrected chi connectivity index (χ1v) is 11.3. The van der Waals surface area contributed by atoms with E-state index >= 15 is 0 Å². The molecule has 0 saturated heterocycles. The number of unbranched alkanes of at least 4 members (excludes halogenated alkanes) is 1. The number of aromatic amines is 1. The molecule has 2 aromatic heterocycles. The van der Waals surface area contributed by atoms with Gasteiger partial charge in [-0.25, -0.2) is 9.78 Å². The summed E-state index contributed by atoms with van der Waals surface area (Å²) in [5.41, 5.74) is 6.10. The first kappa shape index (κ1) is 22.4. The highest BCUT2D eigenvalue weighted by molar-refractivity contribution is 7.98. The van der Waals surface area contributed by atoms with Gasteiger partial charge in [-0.15, -0.1) is 0 Å². The minimum absolute atomic E-state index is 0.00664. The van der Waals surface area contributed by atoms with E-state index in [-0.39, 0.29) is 24.0 Å². The van der Waals surface area contributed by atoms with Crippen LogP contribution in [0.3, 0.4) is 0 Å². The molecule has 0 radical (unpaired) electrons. The molecule has 0 aliphatic heterocycles. The molecule has 10 heteroatoms. The summed E-state index contributed by atoms with van der Waals surface area (Å²) >= 11 is 1.49. The second-order valence-corrected chi connectivity index (χ2v) is 7.66. The average molecular weight is 443 g/mol. The minimum Gasteiger partial charge on any atom is -0.383 e. The Hall–Kier alpha value is -3.27. The largest absolute Gasteiger partial charge is 0.383 e. The Morgan fingerprint density at radius 1 is 1.29 bits per heavy atom. The molecule has 0 atom stereocenters. The van der Waals surface area contributed by atoms with Crippen molar-refractivity contribution in [1.29, 1.82) is 0 Å². The molecule has 1 amide bonds. The van der Waals surface area contributed by atoms with E-state index in [4.69, 9.17) is 5.73 Å². The number of carbonyl (C=O) groups excluding carboxylic acids is 1. The summed E-state index contributed by atoms with van der Waals surface area (Å²) < 4.78 is 3.19. The van der Waals surface area contributed by atoms with Crippen LogP contribution in [0.4, 0.5) is 11.5 Å². The lowest BCUT2D eigenvalue weighted by molar-refractivity contribution is 0.0988. The van der Waals surface area contributed by atoms with Gasteiger partial charge < -0.3 is 10.6 Å². The second-order valence-electron chi connectivity index (χ2n) is 6.88. The summed E-state index contributed by atoms with van der Waals surface area (Å²) in [7, 11) is 0. The maximum absolute atomic E-state index is 13.4. The quantitative estimate of drug-likeness (QED) is 0.517. The number of amides is 1. The molecule has 0 bridgehead atoms. The average Bonchev–Trinajstić information content (AvgIpc) is 3.25. The van der Waals surface area contributed by atoms with Crippen LogP contribution < -0.4 is 21.9 Å². The van der Waals surface area contributed by atoms with Crippen LogP contribution in [-0.4, -0.2) is 37.8 Å². The molecule has 0 spiro atoms. The van der Waals surface area contributed by atoms with Crippen LogP contribution in [0.15, 0.2) is 51.4 Å². The van der Waals surface area contributed by atoms with Crippen LogP contribution >= 0.6 is 11.8 Å². The van der Waals surface area contributed by atoms with E-state index in [1.165, 1.54) is 21.2 Å². The number of benzene rings is 1. The van der Waals surface area contributed by atoms with Gasteiger partial charge in [0.05, 0.1) is 0 Å². The van der Waals surface area contributed by atoms with Crippen molar-refractivity contribution in [2.45, 2.75) is 38.4 Å². The van der Waals surface area contributed by atoms with Gasteiger partial charge in [-0.05, 0) is 37.8 Å². The zero-order chi connectivity index (χ0) is 22.5. The molecule has 3 N–H and O–H groups in total. The number of rotatable bonds is 8. The molecule has 1 aromatic carbocycles. The van der Waals surface area contributed by atoms with Crippen molar-refractivity contribution in [3.8, 4) is 5.69 Å². The third kappa shape index (κ3) is 4.43. The Kier molecular flexibility index (Phi) is 7.01. The lowest BCUT2D eigenvalue weighted by Crippen LogP contribution is -2.41. The van der Waals surface area contributed by atoms with E-state index in [0.29, 0.717) is 12.1 Å². The molecule has 0 fully saturated rings. The Balaban J connectivity index is 2.05. The first-order valence-electron chi connectivity index (χ1n) is 10.0. The van der Waals surface area contributed by atoms with Gasteiger partial charge in [-0.3, -0.25) is 23.7 Å². The van der Waals surface area contributed by atoms with Crippen molar-refractivity contribution in [2.75, 3.05) is 23.4 Å². The zero-order valence-electron chi connectivity index (χ0n) is 17.8. The first-order chi connectivity index (χ1) is 14.9. The van der Waals surface area contributed by atoms with Crippen LogP contribution in [0.2, 0.25) is 0 Å². The number of nitrogens with one attached hydrogen (secondary N) is 1. The van der Waals surface area contributed by atoms with Crippen molar-refractivity contribution in [3.63, 3.8) is 0 Å². The predicted octanol–water partition coefficient (Wildman–Crippen LogP) is 2.49. The van der Waals surface area contributed by atoms with Gasteiger partial charge in [0.1, 0.15) is 5.82 Å². The number of hydrogen-bond acceptors (Lipinski definition) is 6. The number of nitrogens with zero attached hydrogens (tertiary/aromatic N) is 4.